The van der Waals surface area contributed by atoms with Crippen molar-refractivity contribution in [3.63, 3.8) is 0 Å². The molecule has 3 N–H and O–H groups in total. The third kappa shape index (κ3) is 2.58. The molecule has 6 heteroatoms. The third-order valence-corrected chi connectivity index (χ3v) is 4.01. The number of nitrogens with two attached hydrogens (primary N) is 1. The third-order valence-electron chi connectivity index (χ3n) is 4.01. The molecule has 2 aliphatic heterocycles. The van der Waals surface area contributed by atoms with E-state index in [1.165, 1.54) is 0 Å². The van der Waals surface area contributed by atoms with Crippen molar-refractivity contribution in [3.05, 3.63) is 0 Å². The number of hydrogen-bond donors (Lipinski definition) is 2. The number of piperidine rings is 1. The summed E-state index contributed by atoms with van der Waals surface area (Å²) in [4.78, 5) is 26.4. The quantitative estimate of drug-likeness (QED) is 0.737. The number of rotatable bonds is 2. The fourth-order valence-electron chi connectivity index (χ4n) is 2.57. The highest BCUT2D eigenvalue weighted by molar-refractivity contribution is 5.76. The molecule has 2 saturated heterocycles. The van der Waals surface area contributed by atoms with Crippen molar-refractivity contribution in [3.8, 4) is 0 Å². The van der Waals surface area contributed by atoms with Gasteiger partial charge in [-0.1, -0.05) is 6.92 Å². The van der Waals surface area contributed by atoms with Gasteiger partial charge in [-0.2, -0.15) is 0 Å². The summed E-state index contributed by atoms with van der Waals surface area (Å²) < 4.78 is 0. The maximum Gasteiger partial charge on any atom is 0.320 e. The van der Waals surface area contributed by atoms with Gasteiger partial charge in [0.1, 0.15) is 0 Å². The maximum atomic E-state index is 12.1. The number of carboxylic acid groups (broad SMARTS) is 1. The Balaban J connectivity index is 1.81. The second-order valence-corrected chi connectivity index (χ2v) is 5.42. The molecule has 0 radical (unpaired) electrons. The predicted molar refractivity (Wildman–Crippen MR) is 66.0 cm³/mol. The van der Waals surface area contributed by atoms with E-state index in [1.807, 2.05) is 0 Å². The SMILES string of the molecule is CC(C(=O)O)C1CN(C(=O)N2CCCC(N)C2)C1. The number of urea groups is 1. The van der Waals surface area contributed by atoms with E-state index >= 15 is 0 Å². The molecule has 0 aliphatic carbocycles. The van der Waals surface area contributed by atoms with Crippen LogP contribution in [0.4, 0.5) is 4.79 Å². The molecule has 6 nitrogen and oxygen atoms in total. The van der Waals surface area contributed by atoms with Crippen LogP contribution in [0, 0.1) is 11.8 Å². The molecule has 0 bridgehead atoms. The first kappa shape index (κ1) is 13.1. The van der Waals surface area contributed by atoms with E-state index in [1.54, 1.807) is 16.7 Å². The smallest absolute Gasteiger partial charge is 0.320 e. The monoisotopic (exact) mass is 255 g/mol. The molecular formula is C12H21N3O3. The molecule has 0 saturated carbocycles. The Bertz CT molecular complexity index is 341. The number of aliphatic carboxylic acids is 1. The summed E-state index contributed by atoms with van der Waals surface area (Å²) in [5, 5.41) is 8.90. The number of nitrogens with zero attached hydrogens (tertiary/aromatic N) is 2. The van der Waals surface area contributed by atoms with Crippen molar-refractivity contribution in [2.45, 2.75) is 25.8 Å². The first-order valence-electron chi connectivity index (χ1n) is 6.51. The van der Waals surface area contributed by atoms with Crippen LogP contribution < -0.4 is 5.73 Å². The summed E-state index contributed by atoms with van der Waals surface area (Å²) in [6.45, 7) is 4.19. The number of likely N-dealkylation sites (tertiary alicyclic amines) is 2. The lowest BCUT2D eigenvalue weighted by Gasteiger charge is -2.44. The van der Waals surface area contributed by atoms with Crippen LogP contribution in [0.15, 0.2) is 0 Å². The summed E-state index contributed by atoms with van der Waals surface area (Å²) in [5.41, 5.74) is 5.85. The number of carbonyl (C=O) groups is 2. The highest BCUT2D eigenvalue weighted by Gasteiger charge is 2.39. The van der Waals surface area contributed by atoms with Gasteiger partial charge < -0.3 is 20.6 Å². The standard InChI is InChI=1S/C12H21N3O3/c1-8(11(16)17)9-5-15(6-9)12(18)14-4-2-3-10(13)7-14/h8-10H,2-7,13H2,1H3,(H,16,17). The Morgan fingerprint density at radius 1 is 1.28 bits per heavy atom. The van der Waals surface area contributed by atoms with Crippen molar-refractivity contribution in [2.75, 3.05) is 26.2 Å². The van der Waals surface area contributed by atoms with Crippen LogP contribution in [0.2, 0.25) is 0 Å². The molecule has 0 aromatic carbocycles. The topological polar surface area (TPSA) is 86.9 Å². The lowest BCUT2D eigenvalue weighted by atomic mass is 9.87. The van der Waals surface area contributed by atoms with E-state index in [2.05, 4.69) is 0 Å². The number of amides is 2. The zero-order valence-corrected chi connectivity index (χ0v) is 10.7. The van der Waals surface area contributed by atoms with Gasteiger partial charge in [-0.3, -0.25) is 4.79 Å². The summed E-state index contributed by atoms with van der Waals surface area (Å²) in [6, 6.07) is 0.0942. The molecule has 2 atom stereocenters. The largest absolute Gasteiger partial charge is 0.481 e. The van der Waals surface area contributed by atoms with Crippen LogP contribution >= 0.6 is 0 Å². The first-order valence-corrected chi connectivity index (χ1v) is 6.51. The Labute approximate surface area is 107 Å². The minimum absolute atomic E-state index is 0.0130. The fraction of sp³-hybridized carbons (Fsp3) is 0.833. The van der Waals surface area contributed by atoms with Crippen LogP contribution in [0.25, 0.3) is 0 Å². The Morgan fingerprint density at radius 3 is 2.50 bits per heavy atom. The Morgan fingerprint density at radius 2 is 1.94 bits per heavy atom. The zero-order chi connectivity index (χ0) is 13.3. The average molecular weight is 255 g/mol. The summed E-state index contributed by atoms with van der Waals surface area (Å²) in [6.07, 6.45) is 1.93. The summed E-state index contributed by atoms with van der Waals surface area (Å²) in [5.74, 6) is -1.07. The van der Waals surface area contributed by atoms with Gasteiger partial charge in [-0.15, -0.1) is 0 Å². The van der Waals surface area contributed by atoms with E-state index in [4.69, 9.17) is 10.8 Å². The number of carbonyl (C=O) groups excluding carboxylic acids is 1. The molecule has 0 aromatic heterocycles. The zero-order valence-electron chi connectivity index (χ0n) is 10.7. The molecule has 2 heterocycles. The van der Waals surface area contributed by atoms with Crippen LogP contribution in [-0.4, -0.2) is 59.1 Å². The minimum atomic E-state index is -0.785. The van der Waals surface area contributed by atoms with Crippen molar-refractivity contribution < 1.29 is 14.7 Å². The molecular weight excluding hydrogens is 234 g/mol. The highest BCUT2D eigenvalue weighted by atomic mass is 16.4. The molecule has 0 spiro atoms. The average Bonchev–Trinajstić information content (AvgIpc) is 2.26. The molecule has 18 heavy (non-hydrogen) atoms. The van der Waals surface area contributed by atoms with E-state index in [9.17, 15) is 9.59 Å². The second kappa shape index (κ2) is 5.14. The van der Waals surface area contributed by atoms with E-state index in [0.29, 0.717) is 19.6 Å². The first-order chi connectivity index (χ1) is 8.49. The van der Waals surface area contributed by atoms with Gasteiger partial charge in [0.05, 0.1) is 5.92 Å². The molecule has 2 amide bonds. The van der Waals surface area contributed by atoms with Gasteiger partial charge in [-0.25, -0.2) is 4.79 Å². The van der Waals surface area contributed by atoms with Gasteiger partial charge >= 0.3 is 12.0 Å². The van der Waals surface area contributed by atoms with Crippen molar-refractivity contribution in [1.82, 2.24) is 9.80 Å². The van der Waals surface area contributed by atoms with Crippen molar-refractivity contribution in [2.24, 2.45) is 17.6 Å². The van der Waals surface area contributed by atoms with Gasteiger partial charge in [0, 0.05) is 38.1 Å². The van der Waals surface area contributed by atoms with Gasteiger partial charge in [-0.05, 0) is 12.8 Å². The number of carboxylic acids is 1. The van der Waals surface area contributed by atoms with Crippen LogP contribution in [0.5, 0.6) is 0 Å². The molecule has 2 unspecified atom stereocenters. The van der Waals surface area contributed by atoms with Gasteiger partial charge in [0.25, 0.3) is 0 Å². The summed E-state index contributed by atoms with van der Waals surface area (Å²) >= 11 is 0. The Kier molecular flexibility index (Phi) is 3.75. The number of hydrogen-bond acceptors (Lipinski definition) is 3. The lowest BCUT2D eigenvalue weighted by molar-refractivity contribution is -0.144. The van der Waals surface area contributed by atoms with Crippen molar-refractivity contribution in [1.29, 1.82) is 0 Å². The molecule has 102 valence electrons. The van der Waals surface area contributed by atoms with Crippen LogP contribution in [-0.2, 0) is 4.79 Å². The predicted octanol–water partition coefficient (Wildman–Crippen LogP) is 0.182. The normalized spacial score (nSPS) is 26.7. The second-order valence-electron chi connectivity index (χ2n) is 5.42. The molecule has 2 rings (SSSR count). The minimum Gasteiger partial charge on any atom is -0.481 e. The van der Waals surface area contributed by atoms with E-state index in [0.717, 1.165) is 19.4 Å². The fourth-order valence-corrected chi connectivity index (χ4v) is 2.57. The Hall–Kier alpha value is -1.30. The van der Waals surface area contributed by atoms with Crippen molar-refractivity contribution >= 4 is 12.0 Å². The van der Waals surface area contributed by atoms with E-state index in [-0.39, 0.29) is 23.9 Å². The molecule has 2 fully saturated rings. The molecule has 0 aromatic rings. The maximum absolute atomic E-state index is 12.1. The van der Waals surface area contributed by atoms with Crippen LogP contribution in [0.1, 0.15) is 19.8 Å². The van der Waals surface area contributed by atoms with Gasteiger partial charge in [0.15, 0.2) is 0 Å². The lowest BCUT2D eigenvalue weighted by Crippen LogP contribution is -2.59. The molecule has 2 aliphatic rings. The van der Waals surface area contributed by atoms with Gasteiger partial charge in [0.2, 0.25) is 0 Å². The van der Waals surface area contributed by atoms with E-state index < -0.39 is 5.97 Å². The summed E-state index contributed by atoms with van der Waals surface area (Å²) in [7, 11) is 0. The van der Waals surface area contributed by atoms with Crippen LogP contribution in [0.3, 0.4) is 0 Å². The highest BCUT2D eigenvalue weighted by Crippen LogP contribution is 2.25.